The molecule has 35 heavy (non-hydrogen) atoms. The first kappa shape index (κ1) is 25.0. The van der Waals surface area contributed by atoms with Gasteiger partial charge >= 0.3 is 5.97 Å². The summed E-state index contributed by atoms with van der Waals surface area (Å²) in [6.45, 7) is 2.64. The van der Waals surface area contributed by atoms with Gasteiger partial charge in [0.15, 0.2) is 17.2 Å². The van der Waals surface area contributed by atoms with Crippen LogP contribution in [0.25, 0.3) is 0 Å². The average molecular weight is 483 g/mol. The molecule has 4 atom stereocenters. The third kappa shape index (κ3) is 6.51. The quantitative estimate of drug-likeness (QED) is 0.553. The summed E-state index contributed by atoms with van der Waals surface area (Å²) < 4.78 is 17.3. The van der Waals surface area contributed by atoms with Gasteiger partial charge in [0.1, 0.15) is 12.1 Å². The van der Waals surface area contributed by atoms with Crippen molar-refractivity contribution in [3.05, 3.63) is 53.9 Å². The fourth-order valence-corrected chi connectivity index (χ4v) is 4.57. The number of nitrogens with zero attached hydrogens (tertiary/aromatic N) is 1. The van der Waals surface area contributed by atoms with Crippen molar-refractivity contribution in [2.45, 2.75) is 63.7 Å². The average Bonchev–Trinajstić information content (AvgIpc) is 3.68. The summed E-state index contributed by atoms with van der Waals surface area (Å²) in [5.41, 5.74) is 0.974. The molecule has 2 fully saturated rings. The van der Waals surface area contributed by atoms with E-state index in [0.29, 0.717) is 18.8 Å². The summed E-state index contributed by atoms with van der Waals surface area (Å²) in [5.74, 6) is -0.748. The number of pyridine rings is 1. The number of hydrogen-bond donors (Lipinski definition) is 2. The number of carbonyl (C=O) groups excluding carboxylic acids is 2. The highest BCUT2D eigenvalue weighted by Crippen LogP contribution is 2.33. The molecule has 8 nitrogen and oxygen atoms in total. The minimum absolute atomic E-state index is 0.00125. The van der Waals surface area contributed by atoms with E-state index in [0.717, 1.165) is 19.4 Å². The number of aromatic hydroxyl groups is 1. The van der Waals surface area contributed by atoms with Gasteiger partial charge in [-0.3, -0.25) is 4.79 Å². The number of amides is 1. The Morgan fingerprint density at radius 3 is 2.66 bits per heavy atom. The molecule has 2 N–H and O–H groups in total. The van der Waals surface area contributed by atoms with E-state index in [9.17, 15) is 14.7 Å². The summed E-state index contributed by atoms with van der Waals surface area (Å²) in [7, 11) is 1.39. The maximum absolute atomic E-state index is 13.1. The zero-order chi connectivity index (χ0) is 24.8. The fraction of sp³-hybridized carbons (Fsp3) is 0.519. The maximum atomic E-state index is 13.1. The van der Waals surface area contributed by atoms with Crippen molar-refractivity contribution in [1.29, 1.82) is 0 Å². The number of rotatable bonds is 8. The summed E-state index contributed by atoms with van der Waals surface area (Å²) in [4.78, 5) is 29.9. The van der Waals surface area contributed by atoms with Crippen LogP contribution in [0.5, 0.6) is 11.5 Å². The number of aromatic nitrogens is 1. The lowest BCUT2D eigenvalue weighted by molar-refractivity contribution is -0.155. The van der Waals surface area contributed by atoms with Gasteiger partial charge in [-0.15, -0.1) is 0 Å². The van der Waals surface area contributed by atoms with E-state index < -0.39 is 24.0 Å². The minimum Gasteiger partial charge on any atom is -0.503 e. The molecule has 1 amide bonds. The number of methoxy groups -OCH3 is 1. The van der Waals surface area contributed by atoms with Crippen molar-refractivity contribution >= 4 is 11.9 Å². The molecular weight excluding hydrogens is 448 g/mol. The van der Waals surface area contributed by atoms with Crippen molar-refractivity contribution < 1.29 is 28.9 Å². The first-order valence-electron chi connectivity index (χ1n) is 12.3. The molecule has 0 radical (unpaired) electrons. The molecule has 2 aromatic rings. The van der Waals surface area contributed by atoms with Crippen molar-refractivity contribution in [3.8, 4) is 11.5 Å². The van der Waals surface area contributed by atoms with Gasteiger partial charge in [0.2, 0.25) is 0 Å². The summed E-state index contributed by atoms with van der Waals surface area (Å²) in [5, 5.41) is 13.0. The summed E-state index contributed by atoms with van der Waals surface area (Å²) in [6.07, 6.45) is 5.94. The molecule has 1 saturated carbocycles. The smallest absolute Gasteiger partial charge is 0.328 e. The molecule has 188 valence electrons. The molecule has 0 spiro atoms. The largest absolute Gasteiger partial charge is 0.503 e. The van der Waals surface area contributed by atoms with E-state index in [2.05, 4.69) is 22.4 Å². The lowest BCUT2D eigenvalue weighted by atomic mass is 9.87. The Morgan fingerprint density at radius 2 is 1.94 bits per heavy atom. The zero-order valence-electron chi connectivity index (χ0n) is 20.3. The highest BCUT2D eigenvalue weighted by molar-refractivity contribution is 5.97. The second-order valence-corrected chi connectivity index (χ2v) is 9.48. The lowest BCUT2D eigenvalue weighted by Crippen LogP contribution is -2.44. The molecule has 1 aromatic heterocycles. The Hall–Kier alpha value is -3.13. The highest BCUT2D eigenvalue weighted by Gasteiger charge is 2.36. The van der Waals surface area contributed by atoms with E-state index >= 15 is 0 Å². The Bertz CT molecular complexity index is 1010. The molecule has 2 heterocycles. The number of carbonyl (C=O) groups is 2. The molecule has 8 heteroatoms. The Kier molecular flexibility index (Phi) is 8.23. The Balaban J connectivity index is 1.49. The molecule has 4 rings (SSSR count). The Labute approximate surface area is 206 Å². The van der Waals surface area contributed by atoms with Gasteiger partial charge in [-0.05, 0) is 56.9 Å². The van der Waals surface area contributed by atoms with E-state index in [1.807, 2.05) is 25.1 Å². The third-order valence-corrected chi connectivity index (χ3v) is 6.83. The van der Waals surface area contributed by atoms with E-state index in [4.69, 9.17) is 14.2 Å². The van der Waals surface area contributed by atoms with Crippen LogP contribution in [0.4, 0.5) is 0 Å². The van der Waals surface area contributed by atoms with Crippen LogP contribution < -0.4 is 10.1 Å². The van der Waals surface area contributed by atoms with Crippen LogP contribution in [0, 0.1) is 11.8 Å². The molecule has 2 aliphatic rings. The topological polar surface area (TPSA) is 107 Å². The predicted octanol–water partition coefficient (Wildman–Crippen LogP) is 3.66. The number of cyclic esters (lactones) is 1. The predicted molar refractivity (Wildman–Crippen MR) is 129 cm³/mol. The van der Waals surface area contributed by atoms with Crippen LogP contribution in [-0.4, -0.2) is 53.9 Å². The molecule has 1 aliphatic heterocycles. The monoisotopic (exact) mass is 482 g/mol. The normalized spacial score (nSPS) is 25.0. The Morgan fingerprint density at radius 1 is 1.17 bits per heavy atom. The van der Waals surface area contributed by atoms with Gasteiger partial charge in [-0.1, -0.05) is 30.3 Å². The van der Waals surface area contributed by atoms with Crippen LogP contribution in [0.3, 0.4) is 0 Å². The number of esters is 1. The van der Waals surface area contributed by atoms with Gasteiger partial charge in [0.25, 0.3) is 5.91 Å². The lowest BCUT2D eigenvalue weighted by Gasteiger charge is -2.31. The summed E-state index contributed by atoms with van der Waals surface area (Å²) >= 11 is 0. The van der Waals surface area contributed by atoms with Gasteiger partial charge in [-0.25, -0.2) is 9.78 Å². The van der Waals surface area contributed by atoms with Crippen molar-refractivity contribution in [2.24, 2.45) is 11.8 Å². The number of ether oxygens (including phenoxy) is 3. The van der Waals surface area contributed by atoms with Crippen LogP contribution in [0.2, 0.25) is 0 Å². The number of benzene rings is 1. The summed E-state index contributed by atoms with van der Waals surface area (Å²) in [6, 6.07) is 10.8. The van der Waals surface area contributed by atoms with Gasteiger partial charge in [-0.2, -0.15) is 0 Å². The minimum atomic E-state index is -0.850. The second kappa shape index (κ2) is 11.5. The first-order valence-corrected chi connectivity index (χ1v) is 12.3. The molecule has 0 unspecified atom stereocenters. The van der Waals surface area contributed by atoms with Crippen LogP contribution in [0.1, 0.15) is 55.1 Å². The molecule has 1 aromatic carbocycles. The van der Waals surface area contributed by atoms with Crippen molar-refractivity contribution in [2.75, 3.05) is 13.7 Å². The van der Waals surface area contributed by atoms with Crippen LogP contribution in [0.15, 0.2) is 42.6 Å². The second-order valence-electron chi connectivity index (χ2n) is 9.48. The van der Waals surface area contributed by atoms with Crippen molar-refractivity contribution in [3.63, 3.8) is 0 Å². The van der Waals surface area contributed by atoms with E-state index in [-0.39, 0.29) is 29.2 Å². The van der Waals surface area contributed by atoms with Gasteiger partial charge in [0.05, 0.1) is 13.2 Å². The first-order chi connectivity index (χ1) is 17.0. The number of hydrogen-bond acceptors (Lipinski definition) is 7. The molecule has 1 saturated heterocycles. The number of nitrogens with one attached hydrogen (secondary N) is 1. The fourth-order valence-electron chi connectivity index (χ4n) is 4.57. The van der Waals surface area contributed by atoms with Crippen molar-refractivity contribution in [1.82, 2.24) is 10.3 Å². The SMILES string of the molecule is COc1ccnc(C(=O)N[C@H]2CCC[C@H](OCC3CC3)[C@@H](Cc3ccccc3)[C@H](C)OC2=O)c1O. The molecule has 0 bridgehead atoms. The van der Waals surface area contributed by atoms with Crippen LogP contribution in [-0.2, 0) is 20.7 Å². The molecule has 1 aliphatic carbocycles. The standard InChI is InChI=1S/C27H34N2O6/c1-17-20(15-18-7-4-3-5-8-18)22(34-16-19-11-12-19)10-6-9-21(27(32)35-17)29-26(31)24-25(30)23(33-2)13-14-28-24/h3-5,7-8,13-14,17,19-22,30H,6,9-12,15-16H2,1-2H3,(H,29,31)/t17-,20-,21-,22-/m0/s1. The van der Waals surface area contributed by atoms with Gasteiger partial charge in [0, 0.05) is 24.8 Å². The maximum Gasteiger partial charge on any atom is 0.328 e. The van der Waals surface area contributed by atoms with Gasteiger partial charge < -0.3 is 24.6 Å². The third-order valence-electron chi connectivity index (χ3n) is 6.83. The van der Waals surface area contributed by atoms with Crippen LogP contribution >= 0.6 is 0 Å². The molecular formula is C27H34N2O6. The highest BCUT2D eigenvalue weighted by atomic mass is 16.5. The van der Waals surface area contributed by atoms with E-state index in [1.54, 1.807) is 0 Å². The van der Waals surface area contributed by atoms with E-state index in [1.165, 1.54) is 37.8 Å². The zero-order valence-corrected chi connectivity index (χ0v) is 20.3.